The molecule has 0 spiro atoms. The van der Waals surface area contributed by atoms with Crippen LogP contribution in [0.1, 0.15) is 20.8 Å². The van der Waals surface area contributed by atoms with Gasteiger partial charge in [-0.15, -0.1) is 24.0 Å². The molecule has 3 nitrogen and oxygen atoms in total. The van der Waals surface area contributed by atoms with Gasteiger partial charge in [-0.3, -0.25) is 0 Å². The van der Waals surface area contributed by atoms with Crippen molar-refractivity contribution >= 4 is 24.0 Å². The average molecular weight is 314 g/mol. The SMILES string of the molecule is CCO.CCO.CCO.I.[Ti]. The van der Waals surface area contributed by atoms with E-state index in [0.29, 0.717) is 0 Å². The molecule has 0 radical (unpaired) electrons. The molecule has 0 saturated heterocycles. The fourth-order valence-corrected chi connectivity index (χ4v) is 0. The van der Waals surface area contributed by atoms with E-state index in [-0.39, 0.29) is 65.5 Å². The first-order chi connectivity index (χ1) is 4.24. The molecule has 0 atom stereocenters. The van der Waals surface area contributed by atoms with E-state index in [0.717, 1.165) is 0 Å². The zero-order chi connectivity index (χ0) is 8.12. The summed E-state index contributed by atoms with van der Waals surface area (Å²) >= 11 is 0. The van der Waals surface area contributed by atoms with Gasteiger partial charge in [0.25, 0.3) is 0 Å². The maximum Gasteiger partial charge on any atom is 0.0402 e. The third kappa shape index (κ3) is 561. The first-order valence-electron chi connectivity index (χ1n) is 3.07. The number of halogens is 1. The van der Waals surface area contributed by atoms with Gasteiger partial charge in [0, 0.05) is 41.5 Å². The smallest absolute Gasteiger partial charge is 0.0402 e. The third-order valence-corrected chi connectivity index (χ3v) is 0. The minimum Gasteiger partial charge on any atom is -0.397 e. The van der Waals surface area contributed by atoms with E-state index >= 15 is 0 Å². The van der Waals surface area contributed by atoms with E-state index in [4.69, 9.17) is 15.3 Å². The zero-order valence-electron chi connectivity index (χ0n) is 7.37. The van der Waals surface area contributed by atoms with Crippen molar-refractivity contribution in [1.29, 1.82) is 0 Å². The van der Waals surface area contributed by atoms with Crippen LogP contribution in [0, 0.1) is 0 Å². The van der Waals surface area contributed by atoms with Crippen molar-refractivity contribution in [3.8, 4) is 0 Å². The van der Waals surface area contributed by atoms with Crippen molar-refractivity contribution in [1.82, 2.24) is 0 Å². The number of hydrogen-bond donors (Lipinski definition) is 3. The minimum atomic E-state index is 0. The quantitative estimate of drug-likeness (QED) is 0.454. The molecule has 0 aromatic heterocycles. The summed E-state index contributed by atoms with van der Waals surface area (Å²) in [6.45, 7) is 5.79. The number of aliphatic hydroxyl groups is 3. The Labute approximate surface area is 101 Å². The Morgan fingerprint density at radius 1 is 0.727 bits per heavy atom. The Morgan fingerprint density at radius 2 is 0.727 bits per heavy atom. The van der Waals surface area contributed by atoms with Crippen molar-refractivity contribution in [2.24, 2.45) is 0 Å². The molecular weight excluding hydrogens is 295 g/mol. The van der Waals surface area contributed by atoms with E-state index in [9.17, 15) is 0 Å². The van der Waals surface area contributed by atoms with Crippen LogP contribution >= 0.6 is 24.0 Å². The molecule has 72 valence electrons. The van der Waals surface area contributed by atoms with Crippen LogP contribution in [0.2, 0.25) is 0 Å². The second-order valence-electron chi connectivity index (χ2n) is 0.949. The minimum absolute atomic E-state index is 0. The molecule has 0 amide bonds. The molecular formula is C6H19IO3Ti. The Morgan fingerprint density at radius 3 is 0.727 bits per heavy atom. The van der Waals surface area contributed by atoms with Crippen LogP contribution in [0.25, 0.3) is 0 Å². The summed E-state index contributed by atoms with van der Waals surface area (Å²) in [5, 5.41) is 22.7. The van der Waals surface area contributed by atoms with Crippen LogP contribution in [0.4, 0.5) is 0 Å². The van der Waals surface area contributed by atoms with Crippen molar-refractivity contribution in [2.45, 2.75) is 20.8 Å². The van der Waals surface area contributed by atoms with E-state index in [1.54, 1.807) is 20.8 Å². The molecule has 0 heterocycles. The number of rotatable bonds is 0. The van der Waals surface area contributed by atoms with Crippen LogP contribution in [-0.4, -0.2) is 35.1 Å². The van der Waals surface area contributed by atoms with Gasteiger partial charge in [0.15, 0.2) is 0 Å². The van der Waals surface area contributed by atoms with Crippen LogP contribution in [0.5, 0.6) is 0 Å². The molecule has 0 aliphatic rings. The Hall–Kier alpha value is 1.32. The molecule has 11 heavy (non-hydrogen) atoms. The van der Waals surface area contributed by atoms with Crippen molar-refractivity contribution in [3.63, 3.8) is 0 Å². The fraction of sp³-hybridized carbons (Fsp3) is 1.00. The summed E-state index contributed by atoms with van der Waals surface area (Å²) in [6, 6.07) is 0. The first kappa shape index (κ1) is 29.5. The van der Waals surface area contributed by atoms with Crippen molar-refractivity contribution < 1.29 is 37.0 Å². The Bertz CT molecular complexity index is 22.5. The summed E-state index contributed by atoms with van der Waals surface area (Å²) in [4.78, 5) is 0. The summed E-state index contributed by atoms with van der Waals surface area (Å²) in [5.41, 5.74) is 0. The standard InChI is InChI=1S/3C2H6O.HI.Ti/c3*1-2-3;;/h3*3H,2H2,1H3;1H;. The molecule has 0 unspecified atom stereocenters. The van der Waals surface area contributed by atoms with Gasteiger partial charge in [0.05, 0.1) is 0 Å². The van der Waals surface area contributed by atoms with Crippen LogP contribution in [0.3, 0.4) is 0 Å². The van der Waals surface area contributed by atoms with Gasteiger partial charge in [0.1, 0.15) is 0 Å². The molecule has 0 saturated carbocycles. The van der Waals surface area contributed by atoms with Gasteiger partial charge in [-0.1, -0.05) is 0 Å². The molecule has 3 N–H and O–H groups in total. The zero-order valence-corrected chi connectivity index (χ0v) is 11.3. The van der Waals surface area contributed by atoms with Crippen LogP contribution < -0.4 is 0 Å². The normalized spacial score (nSPS) is 4.91. The van der Waals surface area contributed by atoms with Gasteiger partial charge in [0.2, 0.25) is 0 Å². The van der Waals surface area contributed by atoms with Crippen LogP contribution in [-0.2, 0) is 21.7 Å². The van der Waals surface area contributed by atoms with Gasteiger partial charge >= 0.3 is 0 Å². The molecule has 0 aliphatic carbocycles. The van der Waals surface area contributed by atoms with E-state index < -0.39 is 0 Å². The first-order valence-corrected chi connectivity index (χ1v) is 3.07. The van der Waals surface area contributed by atoms with Gasteiger partial charge in [-0.05, 0) is 20.8 Å². The number of aliphatic hydroxyl groups excluding tert-OH is 3. The maximum absolute atomic E-state index is 7.57. The third-order valence-electron chi connectivity index (χ3n) is 0. The topological polar surface area (TPSA) is 60.7 Å². The average Bonchev–Trinajstić information content (AvgIpc) is 1.70. The summed E-state index contributed by atoms with van der Waals surface area (Å²) in [6.07, 6.45) is 0. The molecule has 0 aromatic carbocycles. The number of hydrogen-bond acceptors (Lipinski definition) is 3. The second kappa shape index (κ2) is 64.6. The monoisotopic (exact) mass is 314 g/mol. The van der Waals surface area contributed by atoms with Crippen molar-refractivity contribution in [3.05, 3.63) is 0 Å². The van der Waals surface area contributed by atoms with Gasteiger partial charge in [-0.2, -0.15) is 0 Å². The Kier molecular flexibility index (Phi) is 173. The molecule has 0 aromatic rings. The van der Waals surface area contributed by atoms with E-state index in [2.05, 4.69) is 0 Å². The van der Waals surface area contributed by atoms with Crippen molar-refractivity contribution in [2.75, 3.05) is 19.8 Å². The predicted molar refractivity (Wildman–Crippen MR) is 53.7 cm³/mol. The predicted octanol–water partition coefficient (Wildman–Crippen LogP) is 0.611. The molecule has 0 bridgehead atoms. The van der Waals surface area contributed by atoms with Crippen LogP contribution in [0.15, 0.2) is 0 Å². The molecule has 0 aliphatic heterocycles. The largest absolute Gasteiger partial charge is 0.397 e. The fourth-order valence-electron chi connectivity index (χ4n) is 0. The molecule has 5 heteroatoms. The van der Waals surface area contributed by atoms with E-state index in [1.165, 1.54) is 0 Å². The van der Waals surface area contributed by atoms with Gasteiger partial charge in [-0.25, -0.2) is 0 Å². The second-order valence-corrected chi connectivity index (χ2v) is 0.949. The summed E-state index contributed by atoms with van der Waals surface area (Å²) < 4.78 is 0. The summed E-state index contributed by atoms with van der Waals surface area (Å²) in [7, 11) is 0. The molecule has 0 rings (SSSR count). The summed E-state index contributed by atoms with van der Waals surface area (Å²) in [5.74, 6) is 0. The molecule has 0 fully saturated rings. The van der Waals surface area contributed by atoms with E-state index in [1.807, 2.05) is 0 Å². The Balaban J connectivity index is -0.0000000150. The van der Waals surface area contributed by atoms with Gasteiger partial charge < -0.3 is 15.3 Å². The maximum atomic E-state index is 7.57.